The van der Waals surface area contributed by atoms with Crippen LogP contribution in [0.25, 0.3) is 0 Å². The Morgan fingerprint density at radius 3 is 3.05 bits per heavy atom. The number of benzene rings is 1. The second-order valence-electron chi connectivity index (χ2n) is 5.91. The van der Waals surface area contributed by atoms with Crippen molar-refractivity contribution in [3.05, 3.63) is 29.8 Å². The number of nitrogens with one attached hydrogen (secondary N) is 1. The summed E-state index contributed by atoms with van der Waals surface area (Å²) in [6.45, 7) is 5.96. The fourth-order valence-corrected chi connectivity index (χ4v) is 3.12. The lowest BCUT2D eigenvalue weighted by Crippen LogP contribution is -2.45. The lowest BCUT2D eigenvalue weighted by molar-refractivity contribution is -0.137. The van der Waals surface area contributed by atoms with E-state index >= 15 is 0 Å². The summed E-state index contributed by atoms with van der Waals surface area (Å²) < 4.78 is 5.73. The number of amides is 1. The highest BCUT2D eigenvalue weighted by molar-refractivity contribution is 5.79. The number of carbonyl (C=O) groups excluding carboxylic acids is 1. The van der Waals surface area contributed by atoms with Crippen LogP contribution in [0.5, 0.6) is 5.75 Å². The van der Waals surface area contributed by atoms with Crippen LogP contribution in [0, 0.1) is 11.8 Å². The van der Waals surface area contributed by atoms with Crippen LogP contribution >= 0.6 is 0 Å². The second-order valence-corrected chi connectivity index (χ2v) is 5.91. The fourth-order valence-electron chi connectivity index (χ4n) is 3.12. The number of hydrogen-bond donors (Lipinski definition) is 1. The van der Waals surface area contributed by atoms with Gasteiger partial charge in [-0.3, -0.25) is 4.79 Å². The lowest BCUT2D eigenvalue weighted by Gasteiger charge is -2.31. The summed E-state index contributed by atoms with van der Waals surface area (Å²) >= 11 is 0. The third-order valence-corrected chi connectivity index (χ3v) is 4.18. The molecule has 0 aliphatic carbocycles. The van der Waals surface area contributed by atoms with Gasteiger partial charge in [0.25, 0.3) is 0 Å². The SMILES string of the molecule is CC1CNCC(C(=O)N2CCOc3ccccc3C2)C1. The lowest BCUT2D eigenvalue weighted by atomic mass is 9.90. The third-order valence-electron chi connectivity index (χ3n) is 4.18. The Hall–Kier alpha value is -1.55. The van der Waals surface area contributed by atoms with E-state index in [1.165, 1.54) is 0 Å². The molecule has 3 rings (SSSR count). The van der Waals surface area contributed by atoms with Gasteiger partial charge in [-0.15, -0.1) is 0 Å². The zero-order valence-corrected chi connectivity index (χ0v) is 12.0. The first-order chi connectivity index (χ1) is 9.74. The minimum atomic E-state index is 0.115. The normalized spacial score (nSPS) is 26.4. The highest BCUT2D eigenvalue weighted by atomic mass is 16.5. The molecule has 1 aromatic carbocycles. The van der Waals surface area contributed by atoms with Crippen molar-refractivity contribution >= 4 is 5.91 Å². The van der Waals surface area contributed by atoms with Crippen molar-refractivity contribution in [2.75, 3.05) is 26.2 Å². The summed E-state index contributed by atoms with van der Waals surface area (Å²) in [7, 11) is 0. The summed E-state index contributed by atoms with van der Waals surface area (Å²) in [5.74, 6) is 1.87. The molecule has 0 bridgehead atoms. The van der Waals surface area contributed by atoms with Crippen LogP contribution in [-0.2, 0) is 11.3 Å². The number of fused-ring (bicyclic) bond motifs is 1. The maximum atomic E-state index is 12.7. The first-order valence-corrected chi connectivity index (χ1v) is 7.44. The second kappa shape index (κ2) is 5.83. The minimum Gasteiger partial charge on any atom is -0.491 e. The highest BCUT2D eigenvalue weighted by Gasteiger charge is 2.29. The van der Waals surface area contributed by atoms with E-state index in [1.807, 2.05) is 29.2 Å². The van der Waals surface area contributed by atoms with Crippen molar-refractivity contribution in [2.45, 2.75) is 19.9 Å². The van der Waals surface area contributed by atoms with E-state index in [4.69, 9.17) is 4.74 Å². The number of nitrogens with zero attached hydrogens (tertiary/aromatic N) is 1. The number of hydrogen-bond acceptors (Lipinski definition) is 3. The molecule has 0 spiro atoms. The van der Waals surface area contributed by atoms with Gasteiger partial charge in [-0.2, -0.15) is 0 Å². The molecule has 1 amide bonds. The average molecular weight is 274 g/mol. The molecule has 108 valence electrons. The fraction of sp³-hybridized carbons (Fsp3) is 0.562. The standard InChI is InChI=1S/C16H22N2O2/c1-12-8-14(10-17-9-12)16(19)18-6-7-20-15-5-3-2-4-13(15)11-18/h2-5,12,14,17H,6-11H2,1H3. The predicted octanol–water partition coefficient (Wildman–Crippen LogP) is 1.65. The molecule has 0 radical (unpaired) electrons. The van der Waals surface area contributed by atoms with Crippen LogP contribution in [0.3, 0.4) is 0 Å². The van der Waals surface area contributed by atoms with Gasteiger partial charge in [0.05, 0.1) is 12.5 Å². The van der Waals surface area contributed by atoms with Crippen LogP contribution in [0.2, 0.25) is 0 Å². The van der Waals surface area contributed by atoms with Crippen molar-refractivity contribution < 1.29 is 9.53 Å². The van der Waals surface area contributed by atoms with Crippen molar-refractivity contribution in [3.8, 4) is 5.75 Å². The van der Waals surface area contributed by atoms with Crippen LogP contribution < -0.4 is 10.1 Å². The van der Waals surface area contributed by atoms with Gasteiger partial charge in [0, 0.05) is 18.7 Å². The van der Waals surface area contributed by atoms with Gasteiger partial charge >= 0.3 is 0 Å². The summed E-state index contributed by atoms with van der Waals surface area (Å²) in [5, 5.41) is 3.36. The van der Waals surface area contributed by atoms with E-state index in [1.54, 1.807) is 0 Å². The molecule has 2 aliphatic heterocycles. The monoisotopic (exact) mass is 274 g/mol. The Bertz CT molecular complexity index is 489. The number of para-hydroxylation sites is 1. The van der Waals surface area contributed by atoms with Gasteiger partial charge in [-0.1, -0.05) is 25.1 Å². The highest BCUT2D eigenvalue weighted by Crippen LogP contribution is 2.25. The van der Waals surface area contributed by atoms with E-state index in [0.717, 1.165) is 30.8 Å². The maximum absolute atomic E-state index is 12.7. The van der Waals surface area contributed by atoms with E-state index in [0.29, 0.717) is 25.6 Å². The van der Waals surface area contributed by atoms with Crippen LogP contribution in [0.4, 0.5) is 0 Å². The quantitative estimate of drug-likeness (QED) is 0.846. The Balaban J connectivity index is 1.72. The Labute approximate surface area is 120 Å². The Kier molecular flexibility index (Phi) is 3.92. The first kappa shape index (κ1) is 13.4. The van der Waals surface area contributed by atoms with E-state index < -0.39 is 0 Å². The molecule has 2 aliphatic rings. The first-order valence-electron chi connectivity index (χ1n) is 7.44. The molecule has 4 nitrogen and oxygen atoms in total. The van der Waals surface area contributed by atoms with Gasteiger partial charge in [0.15, 0.2) is 0 Å². The van der Waals surface area contributed by atoms with Crippen molar-refractivity contribution in [3.63, 3.8) is 0 Å². The van der Waals surface area contributed by atoms with Crippen LogP contribution in [0.15, 0.2) is 24.3 Å². The third kappa shape index (κ3) is 2.80. The molecular formula is C16H22N2O2. The molecule has 20 heavy (non-hydrogen) atoms. The minimum absolute atomic E-state index is 0.115. The Morgan fingerprint density at radius 2 is 2.20 bits per heavy atom. The molecule has 2 unspecified atom stereocenters. The number of carbonyl (C=O) groups is 1. The van der Waals surface area contributed by atoms with Crippen molar-refractivity contribution in [1.82, 2.24) is 10.2 Å². The molecule has 1 saturated heterocycles. The van der Waals surface area contributed by atoms with E-state index in [9.17, 15) is 4.79 Å². The van der Waals surface area contributed by atoms with Gasteiger partial charge in [-0.25, -0.2) is 0 Å². The largest absolute Gasteiger partial charge is 0.491 e. The molecular weight excluding hydrogens is 252 g/mol. The van der Waals surface area contributed by atoms with E-state index in [-0.39, 0.29) is 11.8 Å². The molecule has 2 heterocycles. The average Bonchev–Trinajstić information content (AvgIpc) is 2.68. The smallest absolute Gasteiger partial charge is 0.227 e. The van der Waals surface area contributed by atoms with E-state index in [2.05, 4.69) is 12.2 Å². The predicted molar refractivity (Wildman–Crippen MR) is 77.5 cm³/mol. The number of rotatable bonds is 1. The summed E-state index contributed by atoms with van der Waals surface area (Å²) in [6, 6.07) is 8.00. The van der Waals surface area contributed by atoms with Crippen LogP contribution in [-0.4, -0.2) is 37.0 Å². The zero-order valence-electron chi connectivity index (χ0n) is 12.0. The van der Waals surface area contributed by atoms with Gasteiger partial charge in [0.1, 0.15) is 12.4 Å². The molecule has 1 aromatic rings. The molecule has 1 fully saturated rings. The summed E-state index contributed by atoms with van der Waals surface area (Å²) in [4.78, 5) is 14.6. The number of ether oxygens (including phenoxy) is 1. The zero-order chi connectivity index (χ0) is 13.9. The molecule has 2 atom stereocenters. The Morgan fingerprint density at radius 1 is 1.35 bits per heavy atom. The summed E-state index contributed by atoms with van der Waals surface area (Å²) in [5.41, 5.74) is 1.11. The molecule has 0 saturated carbocycles. The van der Waals surface area contributed by atoms with Crippen molar-refractivity contribution in [1.29, 1.82) is 0 Å². The topological polar surface area (TPSA) is 41.6 Å². The summed E-state index contributed by atoms with van der Waals surface area (Å²) in [6.07, 6.45) is 0.991. The van der Waals surface area contributed by atoms with Crippen LogP contribution in [0.1, 0.15) is 18.9 Å². The molecule has 4 heteroatoms. The molecule has 1 N–H and O–H groups in total. The number of piperidine rings is 1. The van der Waals surface area contributed by atoms with Gasteiger partial charge in [0.2, 0.25) is 5.91 Å². The maximum Gasteiger partial charge on any atom is 0.227 e. The van der Waals surface area contributed by atoms with Crippen molar-refractivity contribution in [2.24, 2.45) is 11.8 Å². The van der Waals surface area contributed by atoms with Gasteiger partial charge in [-0.05, 0) is 24.9 Å². The van der Waals surface area contributed by atoms with Gasteiger partial charge < -0.3 is 15.0 Å². The molecule has 0 aromatic heterocycles.